The Morgan fingerprint density at radius 2 is 1.73 bits per heavy atom. The molecule has 5 nitrogen and oxygen atoms in total. The first-order valence-corrected chi connectivity index (χ1v) is 7.81. The normalized spacial score (nSPS) is 10.6. The maximum absolute atomic E-state index is 14.0. The van der Waals surface area contributed by atoms with E-state index in [4.69, 9.17) is 4.74 Å². The van der Waals surface area contributed by atoms with Gasteiger partial charge in [0, 0.05) is 17.3 Å². The molecule has 0 saturated heterocycles. The Hall–Kier alpha value is -3.22. The summed E-state index contributed by atoms with van der Waals surface area (Å²) in [6.07, 6.45) is 1.05. The summed E-state index contributed by atoms with van der Waals surface area (Å²) in [6, 6.07) is 10.8. The molecule has 26 heavy (non-hydrogen) atoms. The van der Waals surface area contributed by atoms with Crippen molar-refractivity contribution in [3.8, 4) is 0 Å². The molecule has 2 rings (SSSR count). The van der Waals surface area contributed by atoms with Crippen LogP contribution in [0.3, 0.4) is 0 Å². The van der Waals surface area contributed by atoms with Gasteiger partial charge in [-0.2, -0.15) is 0 Å². The largest absolute Gasteiger partial charge is 0.463 e. The van der Waals surface area contributed by atoms with Crippen molar-refractivity contribution in [1.29, 1.82) is 0 Å². The number of hydrogen-bond donors (Lipinski definition) is 1. The smallest absolute Gasteiger partial charge is 0.411 e. The van der Waals surface area contributed by atoms with Gasteiger partial charge in [-0.3, -0.25) is 5.32 Å². The molecule has 0 saturated carbocycles. The summed E-state index contributed by atoms with van der Waals surface area (Å²) in [5, 5.41) is 2.25. The van der Waals surface area contributed by atoms with Crippen LogP contribution in [0, 0.1) is 11.6 Å². The fraction of sp³-hybridized carbons (Fsp3) is 0.158. The van der Waals surface area contributed by atoms with Crippen molar-refractivity contribution in [2.45, 2.75) is 13.5 Å². The van der Waals surface area contributed by atoms with Crippen LogP contribution in [0.1, 0.15) is 18.1 Å². The zero-order valence-corrected chi connectivity index (χ0v) is 14.0. The van der Waals surface area contributed by atoms with Crippen LogP contribution in [-0.4, -0.2) is 18.7 Å². The molecule has 0 aliphatic rings. The number of anilines is 1. The summed E-state index contributed by atoms with van der Waals surface area (Å²) >= 11 is 0. The van der Waals surface area contributed by atoms with E-state index in [1.54, 1.807) is 31.2 Å². The van der Waals surface area contributed by atoms with Gasteiger partial charge in [0.05, 0.1) is 6.61 Å². The number of nitrogens with one attached hydrogen (secondary N) is 1. The molecule has 0 aliphatic heterocycles. The Balaban J connectivity index is 2.00. The Morgan fingerprint density at radius 3 is 2.35 bits per heavy atom. The SMILES string of the molecule is CCOC(=O)C=Cc1c(F)cc(NC(=O)OCc2ccccc2)cc1F. The van der Waals surface area contributed by atoms with Crippen LogP contribution in [0.4, 0.5) is 19.3 Å². The molecule has 0 heterocycles. The summed E-state index contributed by atoms with van der Waals surface area (Å²) in [5.74, 6) is -2.59. The van der Waals surface area contributed by atoms with Gasteiger partial charge in [-0.25, -0.2) is 18.4 Å². The molecule has 0 spiro atoms. The van der Waals surface area contributed by atoms with Crippen molar-refractivity contribution in [1.82, 2.24) is 0 Å². The first kappa shape index (κ1) is 19.1. The molecule has 0 bridgehead atoms. The molecule has 2 aromatic rings. The highest BCUT2D eigenvalue weighted by molar-refractivity contribution is 5.88. The minimum absolute atomic E-state index is 0.0258. The van der Waals surface area contributed by atoms with Gasteiger partial charge in [-0.1, -0.05) is 30.3 Å². The highest BCUT2D eigenvalue weighted by Gasteiger charge is 2.12. The summed E-state index contributed by atoms with van der Waals surface area (Å²) in [4.78, 5) is 22.9. The number of esters is 1. The van der Waals surface area contributed by atoms with Crippen molar-refractivity contribution in [3.63, 3.8) is 0 Å². The molecule has 136 valence electrons. The van der Waals surface area contributed by atoms with E-state index >= 15 is 0 Å². The van der Waals surface area contributed by atoms with E-state index in [1.165, 1.54) is 0 Å². The van der Waals surface area contributed by atoms with Crippen LogP contribution in [0.2, 0.25) is 0 Å². The van der Waals surface area contributed by atoms with E-state index < -0.39 is 29.3 Å². The first-order chi connectivity index (χ1) is 12.5. The van der Waals surface area contributed by atoms with E-state index in [0.29, 0.717) is 0 Å². The molecule has 2 aromatic carbocycles. The van der Waals surface area contributed by atoms with Gasteiger partial charge < -0.3 is 9.47 Å². The van der Waals surface area contributed by atoms with Gasteiger partial charge in [0.15, 0.2) is 0 Å². The summed E-state index contributed by atoms with van der Waals surface area (Å²) in [5.41, 5.74) is 0.257. The van der Waals surface area contributed by atoms with Gasteiger partial charge in [0.2, 0.25) is 0 Å². The van der Waals surface area contributed by atoms with E-state index in [9.17, 15) is 18.4 Å². The molecule has 1 amide bonds. The first-order valence-electron chi connectivity index (χ1n) is 7.81. The number of carbonyl (C=O) groups excluding carboxylic acids is 2. The molecule has 0 fully saturated rings. The Kier molecular flexibility index (Phi) is 6.84. The predicted octanol–water partition coefficient (Wildman–Crippen LogP) is 4.29. The van der Waals surface area contributed by atoms with E-state index in [2.05, 4.69) is 10.1 Å². The van der Waals surface area contributed by atoms with E-state index in [0.717, 1.165) is 29.8 Å². The topological polar surface area (TPSA) is 64.6 Å². The lowest BCUT2D eigenvalue weighted by atomic mass is 10.1. The third-order valence-corrected chi connectivity index (χ3v) is 3.21. The molecule has 7 heteroatoms. The highest BCUT2D eigenvalue weighted by atomic mass is 19.1. The van der Waals surface area contributed by atoms with Crippen LogP contribution >= 0.6 is 0 Å². The van der Waals surface area contributed by atoms with Crippen LogP contribution in [0.25, 0.3) is 6.08 Å². The quantitative estimate of drug-likeness (QED) is 0.616. The Bertz CT molecular complexity index is 783. The lowest BCUT2D eigenvalue weighted by Gasteiger charge is -2.09. The van der Waals surface area contributed by atoms with Crippen LogP contribution < -0.4 is 5.32 Å². The number of rotatable bonds is 6. The van der Waals surface area contributed by atoms with Gasteiger partial charge in [-0.15, -0.1) is 0 Å². The lowest BCUT2D eigenvalue weighted by molar-refractivity contribution is -0.137. The summed E-state index contributed by atoms with van der Waals surface area (Å²) in [6.45, 7) is 1.80. The maximum Gasteiger partial charge on any atom is 0.411 e. The van der Waals surface area contributed by atoms with E-state index in [-0.39, 0.29) is 18.9 Å². The molecule has 0 atom stereocenters. The van der Waals surface area contributed by atoms with Crippen molar-refractivity contribution in [2.24, 2.45) is 0 Å². The molecular formula is C19H17F2NO4. The van der Waals surface area contributed by atoms with Crippen molar-refractivity contribution in [2.75, 3.05) is 11.9 Å². The van der Waals surface area contributed by atoms with E-state index in [1.807, 2.05) is 6.07 Å². The fourth-order valence-electron chi connectivity index (χ4n) is 2.03. The average Bonchev–Trinajstić information content (AvgIpc) is 2.60. The summed E-state index contributed by atoms with van der Waals surface area (Å²) in [7, 11) is 0. The zero-order chi connectivity index (χ0) is 18.9. The highest BCUT2D eigenvalue weighted by Crippen LogP contribution is 2.20. The second-order valence-electron chi connectivity index (χ2n) is 5.13. The third-order valence-electron chi connectivity index (χ3n) is 3.21. The zero-order valence-electron chi connectivity index (χ0n) is 14.0. The van der Waals surface area contributed by atoms with Crippen molar-refractivity contribution < 1.29 is 27.8 Å². The van der Waals surface area contributed by atoms with Crippen LogP contribution in [-0.2, 0) is 20.9 Å². The molecule has 0 aromatic heterocycles. The molecular weight excluding hydrogens is 344 g/mol. The Labute approximate surface area is 149 Å². The number of hydrogen-bond acceptors (Lipinski definition) is 4. The second-order valence-corrected chi connectivity index (χ2v) is 5.13. The predicted molar refractivity (Wildman–Crippen MR) is 92.3 cm³/mol. The van der Waals surface area contributed by atoms with Crippen molar-refractivity contribution in [3.05, 3.63) is 71.3 Å². The van der Waals surface area contributed by atoms with Crippen LogP contribution in [0.15, 0.2) is 48.5 Å². The van der Waals surface area contributed by atoms with Gasteiger partial charge in [-0.05, 0) is 30.7 Å². The fourth-order valence-corrected chi connectivity index (χ4v) is 2.03. The second kappa shape index (κ2) is 9.31. The van der Waals surface area contributed by atoms with Gasteiger partial charge in [0.1, 0.15) is 18.2 Å². The third kappa shape index (κ3) is 5.70. The number of amides is 1. The standard InChI is InChI=1S/C19H17F2NO4/c1-2-25-18(23)9-8-15-16(20)10-14(11-17(15)21)22-19(24)26-12-13-6-4-3-5-7-13/h3-11H,2,12H2,1H3,(H,22,24). The van der Waals surface area contributed by atoms with Crippen LogP contribution in [0.5, 0.6) is 0 Å². The lowest BCUT2D eigenvalue weighted by Crippen LogP contribution is -2.14. The molecule has 0 unspecified atom stereocenters. The number of benzene rings is 2. The monoisotopic (exact) mass is 361 g/mol. The minimum atomic E-state index is -0.941. The van der Waals surface area contributed by atoms with Gasteiger partial charge >= 0.3 is 12.1 Å². The van der Waals surface area contributed by atoms with Gasteiger partial charge in [0.25, 0.3) is 0 Å². The number of carbonyl (C=O) groups is 2. The molecule has 0 radical (unpaired) electrons. The average molecular weight is 361 g/mol. The maximum atomic E-state index is 14.0. The molecule has 1 N–H and O–H groups in total. The van der Waals surface area contributed by atoms with Crippen molar-refractivity contribution >= 4 is 23.8 Å². The minimum Gasteiger partial charge on any atom is -0.463 e. The Morgan fingerprint density at radius 1 is 1.08 bits per heavy atom. The number of halogens is 2. The molecule has 0 aliphatic carbocycles. The number of ether oxygens (including phenoxy) is 2. The summed E-state index contributed by atoms with van der Waals surface area (Å²) < 4.78 is 37.6.